The van der Waals surface area contributed by atoms with Crippen molar-refractivity contribution in [3.63, 3.8) is 0 Å². The van der Waals surface area contributed by atoms with Gasteiger partial charge in [-0.25, -0.2) is 4.79 Å². The largest absolute Gasteiger partial charge is 0.496 e. The lowest BCUT2D eigenvalue weighted by Gasteiger charge is -2.26. The van der Waals surface area contributed by atoms with Crippen LogP contribution in [0.1, 0.15) is 24.5 Å². The van der Waals surface area contributed by atoms with E-state index in [1.807, 2.05) is 0 Å². The van der Waals surface area contributed by atoms with Crippen LogP contribution in [0.15, 0.2) is 24.3 Å². The second kappa shape index (κ2) is 6.54. The van der Waals surface area contributed by atoms with Crippen molar-refractivity contribution in [1.29, 1.82) is 0 Å². The molecule has 0 radical (unpaired) electrons. The Kier molecular flexibility index (Phi) is 4.76. The zero-order valence-corrected chi connectivity index (χ0v) is 10.9. The molecule has 0 spiro atoms. The van der Waals surface area contributed by atoms with E-state index in [0.29, 0.717) is 24.5 Å². The van der Waals surface area contributed by atoms with Gasteiger partial charge in [-0.3, -0.25) is 0 Å². The van der Waals surface area contributed by atoms with Gasteiger partial charge >= 0.3 is 5.97 Å². The Bertz CT molecular complexity index is 426. The van der Waals surface area contributed by atoms with Crippen LogP contribution in [0.4, 0.5) is 0 Å². The molecule has 5 nitrogen and oxygen atoms in total. The summed E-state index contributed by atoms with van der Waals surface area (Å²) < 4.78 is 16.2. The van der Waals surface area contributed by atoms with Gasteiger partial charge in [-0.1, -0.05) is 18.2 Å². The van der Waals surface area contributed by atoms with Crippen LogP contribution >= 0.6 is 0 Å². The van der Waals surface area contributed by atoms with Crippen LogP contribution in [0, 0.1) is 0 Å². The summed E-state index contributed by atoms with van der Waals surface area (Å²) in [5.41, 5.74) is 0.545. The summed E-state index contributed by atoms with van der Waals surface area (Å²) in [7, 11) is 1.52. The van der Waals surface area contributed by atoms with E-state index in [1.54, 1.807) is 24.3 Å². The summed E-state index contributed by atoms with van der Waals surface area (Å²) in [6.45, 7) is 1.23. The number of aliphatic carboxylic acids is 1. The van der Waals surface area contributed by atoms with Crippen LogP contribution in [0.3, 0.4) is 0 Å². The van der Waals surface area contributed by atoms with E-state index in [9.17, 15) is 9.90 Å². The van der Waals surface area contributed by atoms with Crippen molar-refractivity contribution < 1.29 is 24.1 Å². The number of rotatable bonds is 5. The lowest BCUT2D eigenvalue weighted by atomic mass is 10.1. The third-order valence-electron chi connectivity index (χ3n) is 3.14. The van der Waals surface area contributed by atoms with Crippen LogP contribution in [-0.2, 0) is 14.3 Å². The molecule has 1 aromatic rings. The molecule has 1 N–H and O–H groups in total. The molecule has 1 aromatic carbocycles. The lowest BCUT2D eigenvalue weighted by Crippen LogP contribution is -2.28. The van der Waals surface area contributed by atoms with Crippen molar-refractivity contribution in [2.45, 2.75) is 25.0 Å². The van der Waals surface area contributed by atoms with E-state index in [0.717, 1.165) is 12.8 Å². The van der Waals surface area contributed by atoms with E-state index >= 15 is 0 Å². The topological polar surface area (TPSA) is 65.0 Å². The summed E-state index contributed by atoms with van der Waals surface area (Å²) >= 11 is 0. The number of ether oxygens (including phenoxy) is 3. The second-order valence-electron chi connectivity index (χ2n) is 4.41. The van der Waals surface area contributed by atoms with Crippen LogP contribution < -0.4 is 4.74 Å². The Morgan fingerprint density at radius 1 is 1.37 bits per heavy atom. The summed E-state index contributed by atoms with van der Waals surface area (Å²) in [6.07, 6.45) is 0.358. The van der Waals surface area contributed by atoms with Gasteiger partial charge in [-0.2, -0.15) is 0 Å². The van der Waals surface area contributed by atoms with Crippen molar-refractivity contribution in [2.24, 2.45) is 0 Å². The minimum absolute atomic E-state index is 0.0836. The first-order valence-electron chi connectivity index (χ1n) is 6.31. The first-order valence-corrected chi connectivity index (χ1v) is 6.31. The minimum atomic E-state index is -1.00. The van der Waals surface area contributed by atoms with Gasteiger partial charge in [0.15, 0.2) is 6.10 Å². The van der Waals surface area contributed by atoms with Gasteiger partial charge < -0.3 is 19.3 Å². The van der Waals surface area contributed by atoms with Crippen LogP contribution in [-0.4, -0.2) is 37.5 Å². The van der Waals surface area contributed by atoms with Crippen molar-refractivity contribution >= 4 is 5.97 Å². The fraction of sp³-hybridized carbons (Fsp3) is 0.500. The Morgan fingerprint density at radius 3 is 2.68 bits per heavy atom. The van der Waals surface area contributed by atoms with Gasteiger partial charge in [0.1, 0.15) is 5.75 Å². The molecule has 1 fully saturated rings. The van der Waals surface area contributed by atoms with Crippen LogP contribution in [0.5, 0.6) is 5.75 Å². The first kappa shape index (κ1) is 13.8. The molecule has 5 heteroatoms. The van der Waals surface area contributed by atoms with Crippen LogP contribution in [0.2, 0.25) is 0 Å². The molecule has 1 saturated heterocycles. The fourth-order valence-electron chi connectivity index (χ4n) is 2.15. The molecule has 1 aliphatic heterocycles. The van der Waals surface area contributed by atoms with E-state index in [2.05, 4.69) is 0 Å². The van der Waals surface area contributed by atoms with Gasteiger partial charge in [0.05, 0.1) is 13.2 Å². The molecule has 0 amide bonds. The number of carboxylic acid groups (broad SMARTS) is 1. The van der Waals surface area contributed by atoms with Gasteiger partial charge in [0, 0.05) is 18.8 Å². The van der Waals surface area contributed by atoms with Gasteiger partial charge in [-0.15, -0.1) is 0 Å². The molecule has 1 heterocycles. The molecule has 0 aliphatic carbocycles. The molecule has 1 aliphatic rings. The number of benzene rings is 1. The molecular weight excluding hydrogens is 248 g/mol. The highest BCUT2D eigenvalue weighted by molar-refractivity contribution is 5.75. The van der Waals surface area contributed by atoms with Crippen molar-refractivity contribution in [3.05, 3.63) is 29.8 Å². The van der Waals surface area contributed by atoms with E-state index in [1.165, 1.54) is 7.11 Å². The Morgan fingerprint density at radius 2 is 2.05 bits per heavy atom. The Labute approximate surface area is 112 Å². The molecule has 19 heavy (non-hydrogen) atoms. The maximum absolute atomic E-state index is 11.4. The zero-order chi connectivity index (χ0) is 13.7. The molecule has 2 rings (SSSR count). The minimum Gasteiger partial charge on any atom is -0.496 e. The molecule has 0 saturated carbocycles. The summed E-state index contributed by atoms with van der Waals surface area (Å²) in [5, 5.41) is 9.37. The average molecular weight is 266 g/mol. The van der Waals surface area contributed by atoms with Gasteiger partial charge in [0.25, 0.3) is 0 Å². The molecule has 1 atom stereocenters. The number of carbonyl (C=O) groups is 1. The van der Waals surface area contributed by atoms with Gasteiger partial charge in [0.2, 0.25) is 0 Å². The zero-order valence-electron chi connectivity index (χ0n) is 10.9. The number of hydrogen-bond donors (Lipinski definition) is 1. The number of hydrogen-bond acceptors (Lipinski definition) is 4. The third kappa shape index (κ3) is 3.45. The van der Waals surface area contributed by atoms with Crippen molar-refractivity contribution in [3.8, 4) is 5.75 Å². The third-order valence-corrected chi connectivity index (χ3v) is 3.14. The van der Waals surface area contributed by atoms with E-state index < -0.39 is 12.1 Å². The van der Waals surface area contributed by atoms with E-state index in [-0.39, 0.29) is 6.10 Å². The fourth-order valence-corrected chi connectivity index (χ4v) is 2.15. The summed E-state index contributed by atoms with van der Waals surface area (Å²) in [4.78, 5) is 11.4. The number of methoxy groups -OCH3 is 1. The predicted molar refractivity (Wildman–Crippen MR) is 68.3 cm³/mol. The van der Waals surface area contributed by atoms with E-state index in [4.69, 9.17) is 14.2 Å². The highest BCUT2D eigenvalue weighted by atomic mass is 16.5. The molecule has 0 aromatic heterocycles. The normalized spacial score (nSPS) is 17.9. The SMILES string of the molecule is COc1ccccc1C(OC1CCOCC1)C(=O)O. The molecular formula is C14H18O5. The smallest absolute Gasteiger partial charge is 0.337 e. The maximum Gasteiger partial charge on any atom is 0.337 e. The Hall–Kier alpha value is -1.59. The van der Waals surface area contributed by atoms with Crippen molar-refractivity contribution in [1.82, 2.24) is 0 Å². The predicted octanol–water partition coefficient (Wildman–Crippen LogP) is 2.02. The monoisotopic (exact) mass is 266 g/mol. The van der Waals surface area contributed by atoms with Crippen LogP contribution in [0.25, 0.3) is 0 Å². The maximum atomic E-state index is 11.4. The summed E-state index contributed by atoms with van der Waals surface area (Å²) in [5.74, 6) is -0.474. The van der Waals surface area contributed by atoms with Gasteiger partial charge in [-0.05, 0) is 18.9 Å². The highest BCUT2D eigenvalue weighted by Gasteiger charge is 2.28. The average Bonchev–Trinajstić information content (AvgIpc) is 2.45. The molecule has 1 unspecified atom stereocenters. The number of para-hydroxylation sites is 1. The lowest BCUT2D eigenvalue weighted by molar-refractivity contribution is -0.158. The highest BCUT2D eigenvalue weighted by Crippen LogP contribution is 2.30. The quantitative estimate of drug-likeness (QED) is 0.883. The summed E-state index contributed by atoms with van der Waals surface area (Å²) in [6, 6.07) is 7.03. The number of carboxylic acids is 1. The molecule has 0 bridgehead atoms. The van der Waals surface area contributed by atoms with Crippen molar-refractivity contribution in [2.75, 3.05) is 20.3 Å². The Balaban J connectivity index is 2.17. The standard InChI is InChI=1S/C14H18O5/c1-17-12-5-3-2-4-11(12)13(14(15)16)19-10-6-8-18-9-7-10/h2-5,10,13H,6-9H2,1H3,(H,15,16). The second-order valence-corrected chi connectivity index (χ2v) is 4.41. The molecule has 104 valence electrons. The first-order chi connectivity index (χ1) is 9.22.